The topological polar surface area (TPSA) is 112 Å². The minimum absolute atomic E-state index is 0. The lowest BCUT2D eigenvalue weighted by Gasteiger charge is -2.21. The Kier molecular flexibility index (Phi) is 10.3. The van der Waals surface area contributed by atoms with E-state index in [1.54, 1.807) is 30.2 Å². The molecule has 1 heterocycles. The van der Waals surface area contributed by atoms with Gasteiger partial charge in [-0.05, 0) is 44.5 Å². The summed E-state index contributed by atoms with van der Waals surface area (Å²) in [5.74, 6) is 0.255. The lowest BCUT2D eigenvalue weighted by atomic mass is 10.1. The molecule has 4 N–H and O–H groups in total. The molecule has 2 amide bonds. The average Bonchev–Trinajstić information content (AvgIpc) is 3.13. The summed E-state index contributed by atoms with van der Waals surface area (Å²) in [4.78, 5) is 28.1. The number of anilines is 1. The van der Waals surface area contributed by atoms with E-state index in [1.165, 1.54) is 0 Å². The zero-order valence-corrected chi connectivity index (χ0v) is 20.1. The molecule has 0 aliphatic heterocycles. The van der Waals surface area contributed by atoms with Crippen LogP contribution in [0.4, 0.5) is 5.69 Å². The van der Waals surface area contributed by atoms with Crippen LogP contribution in [0, 0.1) is 0 Å². The first-order valence-electron chi connectivity index (χ1n) is 9.37. The number of carbonyl (C=O) groups excluding carboxylic acids is 2. The first kappa shape index (κ1) is 25.4. The zero-order chi connectivity index (χ0) is 21.3. The van der Waals surface area contributed by atoms with Crippen molar-refractivity contribution in [2.75, 3.05) is 18.9 Å². The van der Waals surface area contributed by atoms with Crippen LogP contribution in [-0.4, -0.2) is 46.7 Å². The summed E-state index contributed by atoms with van der Waals surface area (Å²) < 4.78 is 1.56. The normalized spacial score (nSPS) is 11.3. The summed E-state index contributed by atoms with van der Waals surface area (Å²) in [5, 5.41) is 15.9. The predicted octanol–water partition coefficient (Wildman–Crippen LogP) is 1.72. The third-order valence-electron chi connectivity index (χ3n) is 3.69. The molecule has 2 rings (SSSR count). The Balaban J connectivity index is 0.00000450. The molecule has 0 fully saturated rings. The number of benzene rings is 1. The fourth-order valence-electron chi connectivity index (χ4n) is 2.53. The maximum atomic E-state index is 12.1. The molecular weight excluding hydrogens is 497 g/mol. The highest BCUT2D eigenvalue weighted by molar-refractivity contribution is 14.0. The Morgan fingerprint density at radius 3 is 2.53 bits per heavy atom. The molecule has 0 atom stereocenters. The van der Waals surface area contributed by atoms with E-state index in [1.807, 2.05) is 45.0 Å². The number of hydrogen-bond acceptors (Lipinski definition) is 4. The van der Waals surface area contributed by atoms with Crippen LogP contribution in [0.3, 0.4) is 0 Å². The lowest BCUT2D eigenvalue weighted by Crippen LogP contribution is -2.48. The van der Waals surface area contributed by atoms with Gasteiger partial charge in [-0.1, -0.05) is 12.1 Å². The number of rotatable bonds is 7. The summed E-state index contributed by atoms with van der Waals surface area (Å²) in [6.07, 6.45) is 3.37. The molecule has 0 radical (unpaired) electrons. The molecule has 1 aromatic heterocycles. The van der Waals surface area contributed by atoms with Gasteiger partial charge in [0, 0.05) is 37.2 Å². The van der Waals surface area contributed by atoms with Gasteiger partial charge in [0.2, 0.25) is 11.8 Å². The van der Waals surface area contributed by atoms with Gasteiger partial charge in [-0.25, -0.2) is 0 Å². The smallest absolute Gasteiger partial charge is 0.246 e. The molecule has 0 aliphatic carbocycles. The number of carbonyl (C=O) groups is 2. The summed E-state index contributed by atoms with van der Waals surface area (Å²) in [7, 11) is 1.64. The summed E-state index contributed by atoms with van der Waals surface area (Å²) >= 11 is 0. The van der Waals surface area contributed by atoms with Gasteiger partial charge in [0.1, 0.15) is 6.54 Å². The van der Waals surface area contributed by atoms with E-state index < -0.39 is 0 Å². The van der Waals surface area contributed by atoms with Crippen LogP contribution >= 0.6 is 24.0 Å². The number of halogens is 1. The molecule has 1 aromatic carbocycles. The number of nitrogens with zero attached hydrogens (tertiary/aromatic N) is 3. The Labute approximate surface area is 194 Å². The van der Waals surface area contributed by atoms with Crippen molar-refractivity contribution < 1.29 is 9.59 Å². The third-order valence-corrected chi connectivity index (χ3v) is 3.69. The van der Waals surface area contributed by atoms with Crippen molar-refractivity contribution in [1.29, 1.82) is 0 Å². The first-order chi connectivity index (χ1) is 13.7. The second-order valence-corrected chi connectivity index (χ2v) is 7.53. The number of aromatic nitrogens is 2. The largest absolute Gasteiger partial charge is 0.352 e. The molecule has 0 saturated heterocycles. The molecule has 0 bridgehead atoms. The molecule has 0 saturated carbocycles. The van der Waals surface area contributed by atoms with Crippen molar-refractivity contribution in [3.8, 4) is 0 Å². The Morgan fingerprint density at radius 1 is 1.13 bits per heavy atom. The van der Waals surface area contributed by atoms with E-state index in [0.717, 1.165) is 5.56 Å². The molecule has 164 valence electrons. The molecule has 0 unspecified atom stereocenters. The van der Waals surface area contributed by atoms with Gasteiger partial charge in [-0.2, -0.15) is 5.10 Å². The van der Waals surface area contributed by atoms with Crippen LogP contribution in [0.2, 0.25) is 0 Å². The Morgan fingerprint density at radius 2 is 1.90 bits per heavy atom. The van der Waals surface area contributed by atoms with Crippen LogP contribution in [0.1, 0.15) is 26.3 Å². The number of hydrogen-bond donors (Lipinski definition) is 4. The van der Waals surface area contributed by atoms with Gasteiger partial charge in [0.25, 0.3) is 0 Å². The van der Waals surface area contributed by atoms with E-state index in [4.69, 9.17) is 0 Å². The first-order valence-corrected chi connectivity index (χ1v) is 9.37. The standard InChI is InChI=1S/C20H29N7O2.HI/c1-20(2,3)26-17(28)13-23-19(21-4)22-12-15-7-5-8-16(11-15)25-18(29)14-27-10-6-9-24-27;/h5-11H,12-14H2,1-4H3,(H,25,29)(H,26,28)(H2,21,22,23);1H. The van der Waals surface area contributed by atoms with Gasteiger partial charge < -0.3 is 21.3 Å². The molecule has 0 aliphatic rings. The Bertz CT molecular complexity index is 845. The van der Waals surface area contributed by atoms with E-state index in [2.05, 4.69) is 31.4 Å². The van der Waals surface area contributed by atoms with E-state index in [-0.39, 0.29) is 54.4 Å². The average molecular weight is 527 g/mol. The predicted molar refractivity (Wildman–Crippen MR) is 129 cm³/mol. The molecule has 2 aromatic rings. The summed E-state index contributed by atoms with van der Waals surface area (Å²) in [5.41, 5.74) is 1.38. The van der Waals surface area contributed by atoms with Crippen molar-refractivity contribution >= 4 is 47.4 Å². The van der Waals surface area contributed by atoms with E-state index >= 15 is 0 Å². The Hall–Kier alpha value is -2.63. The summed E-state index contributed by atoms with van der Waals surface area (Å²) in [6, 6.07) is 9.29. The van der Waals surface area contributed by atoms with E-state index in [9.17, 15) is 9.59 Å². The molecule has 0 spiro atoms. The molecule has 10 heteroatoms. The van der Waals surface area contributed by atoms with E-state index in [0.29, 0.717) is 18.2 Å². The SMILES string of the molecule is CN=C(NCC(=O)NC(C)(C)C)NCc1cccc(NC(=O)Cn2cccn2)c1.I. The van der Waals surface area contributed by atoms with Crippen LogP contribution < -0.4 is 21.3 Å². The second kappa shape index (κ2) is 12.2. The minimum Gasteiger partial charge on any atom is -0.352 e. The molecule has 30 heavy (non-hydrogen) atoms. The van der Waals surface area contributed by atoms with Gasteiger partial charge in [-0.3, -0.25) is 19.3 Å². The third kappa shape index (κ3) is 9.72. The van der Waals surface area contributed by atoms with Crippen LogP contribution in [0.5, 0.6) is 0 Å². The fourth-order valence-corrected chi connectivity index (χ4v) is 2.53. The van der Waals surface area contributed by atoms with Gasteiger partial charge in [0.05, 0.1) is 6.54 Å². The minimum atomic E-state index is -0.280. The number of aliphatic imine (C=N–C) groups is 1. The van der Waals surface area contributed by atoms with Crippen molar-refractivity contribution in [1.82, 2.24) is 25.7 Å². The van der Waals surface area contributed by atoms with Gasteiger partial charge in [-0.15, -0.1) is 24.0 Å². The number of guanidine groups is 1. The van der Waals surface area contributed by atoms with Crippen LogP contribution in [-0.2, 0) is 22.7 Å². The monoisotopic (exact) mass is 527 g/mol. The second-order valence-electron chi connectivity index (χ2n) is 7.53. The van der Waals surface area contributed by atoms with Gasteiger partial charge >= 0.3 is 0 Å². The van der Waals surface area contributed by atoms with Crippen LogP contribution in [0.25, 0.3) is 0 Å². The molecular formula is C20H30IN7O2. The number of nitrogens with one attached hydrogen (secondary N) is 4. The highest BCUT2D eigenvalue weighted by Crippen LogP contribution is 2.10. The summed E-state index contributed by atoms with van der Waals surface area (Å²) in [6.45, 7) is 6.56. The van der Waals surface area contributed by atoms with Crippen LogP contribution in [0.15, 0.2) is 47.7 Å². The molecule has 9 nitrogen and oxygen atoms in total. The van der Waals surface area contributed by atoms with Crippen molar-refractivity contribution in [3.05, 3.63) is 48.3 Å². The lowest BCUT2D eigenvalue weighted by molar-refractivity contribution is -0.121. The number of amides is 2. The quantitative estimate of drug-likeness (QED) is 0.249. The maximum Gasteiger partial charge on any atom is 0.246 e. The van der Waals surface area contributed by atoms with Crippen molar-refractivity contribution in [3.63, 3.8) is 0 Å². The van der Waals surface area contributed by atoms with Crippen molar-refractivity contribution in [2.24, 2.45) is 4.99 Å². The maximum absolute atomic E-state index is 12.1. The fraction of sp³-hybridized carbons (Fsp3) is 0.400. The highest BCUT2D eigenvalue weighted by Gasteiger charge is 2.13. The highest BCUT2D eigenvalue weighted by atomic mass is 127. The van der Waals surface area contributed by atoms with Gasteiger partial charge in [0.15, 0.2) is 5.96 Å². The van der Waals surface area contributed by atoms with Crippen molar-refractivity contribution in [2.45, 2.75) is 39.4 Å². The zero-order valence-electron chi connectivity index (χ0n) is 17.7.